The lowest BCUT2D eigenvalue weighted by Gasteiger charge is -2.28. The Bertz CT molecular complexity index is 2290. The fourth-order valence-electron chi connectivity index (χ4n) is 7.49. The second-order valence-electron chi connectivity index (χ2n) is 13.2. The van der Waals surface area contributed by atoms with E-state index >= 15 is 0 Å². The van der Waals surface area contributed by atoms with Gasteiger partial charge in [0.05, 0.1) is 41.7 Å². The summed E-state index contributed by atoms with van der Waals surface area (Å²) in [6.45, 7) is 2.56. The maximum Gasteiger partial charge on any atom is 0.264 e. The van der Waals surface area contributed by atoms with Crippen LogP contribution < -0.4 is 9.80 Å². The van der Waals surface area contributed by atoms with Crippen molar-refractivity contribution in [2.24, 2.45) is 5.92 Å². The SMILES string of the molecule is C[C@@H](/C=C/CCn1cc(C(CO)c2ccccc2)nn1)[C@]1(O)C(=O)N(Cc2cccc(N3C(=O)c4cccc5cccc3c45)c2)c2ccccc21. The molecule has 1 aromatic heterocycles. The summed E-state index contributed by atoms with van der Waals surface area (Å²) in [5.74, 6) is -1.25. The molecule has 0 saturated carbocycles. The molecule has 2 aliphatic heterocycles. The number of carbonyl (C=O) groups is 2. The number of aryl methyl sites for hydroxylation is 1. The third-order valence-electron chi connectivity index (χ3n) is 10.1. The molecule has 5 aromatic carbocycles. The van der Waals surface area contributed by atoms with Crippen LogP contribution in [0.4, 0.5) is 17.1 Å². The first-order valence-corrected chi connectivity index (χ1v) is 17.2. The summed E-state index contributed by atoms with van der Waals surface area (Å²) < 4.78 is 1.74. The zero-order valence-electron chi connectivity index (χ0n) is 28.1. The molecular formula is C42H37N5O4. The van der Waals surface area contributed by atoms with Crippen LogP contribution in [0.1, 0.15) is 52.0 Å². The van der Waals surface area contributed by atoms with Gasteiger partial charge in [-0.15, -0.1) is 5.10 Å². The van der Waals surface area contributed by atoms with Gasteiger partial charge < -0.3 is 15.1 Å². The van der Waals surface area contributed by atoms with E-state index in [-0.39, 0.29) is 25.0 Å². The van der Waals surface area contributed by atoms with Crippen molar-refractivity contribution in [1.29, 1.82) is 0 Å². The van der Waals surface area contributed by atoms with E-state index in [1.807, 2.05) is 141 Å². The quantitative estimate of drug-likeness (QED) is 0.145. The zero-order chi connectivity index (χ0) is 35.1. The van der Waals surface area contributed by atoms with E-state index in [0.717, 1.165) is 33.3 Å². The molecule has 0 fully saturated rings. The Balaban J connectivity index is 0.982. The van der Waals surface area contributed by atoms with E-state index in [1.54, 1.807) is 14.5 Å². The van der Waals surface area contributed by atoms with Crippen LogP contribution in [0.15, 0.2) is 134 Å². The Morgan fingerprint density at radius 1 is 0.863 bits per heavy atom. The second-order valence-corrected chi connectivity index (χ2v) is 13.2. The van der Waals surface area contributed by atoms with Gasteiger partial charge in [0.2, 0.25) is 0 Å². The van der Waals surface area contributed by atoms with Gasteiger partial charge in [-0.2, -0.15) is 0 Å². The molecular weight excluding hydrogens is 638 g/mol. The minimum atomic E-state index is -1.75. The van der Waals surface area contributed by atoms with Crippen LogP contribution in [0, 0.1) is 5.92 Å². The van der Waals surface area contributed by atoms with E-state index in [9.17, 15) is 19.8 Å². The van der Waals surface area contributed by atoms with Crippen molar-refractivity contribution < 1.29 is 19.8 Å². The molecule has 3 heterocycles. The Kier molecular flexibility index (Phi) is 8.30. The van der Waals surface area contributed by atoms with Gasteiger partial charge in [0.15, 0.2) is 5.60 Å². The standard InChI is InChI=1S/C42H37N5O4/c1-28(12-7-8-23-45-26-36(43-44-45)34(27-48)30-14-3-2-4-15-30)42(51)35-20-5-6-21-37(35)46(41(42)50)25-29-13-9-18-32(24-29)47-38-22-11-17-31-16-10-19-33(39(31)38)40(47)49/h2-7,9-22,24,26,28,34,48,51H,8,23,25,27H2,1H3/b12-7+/t28-,34?,42+/m0/s1. The van der Waals surface area contributed by atoms with Crippen molar-refractivity contribution >= 4 is 39.6 Å². The normalized spacial score (nSPS) is 17.9. The number of hydrogen-bond donors (Lipinski definition) is 2. The highest BCUT2D eigenvalue weighted by Crippen LogP contribution is 2.46. The van der Waals surface area contributed by atoms with Crippen LogP contribution in [0.2, 0.25) is 0 Å². The summed E-state index contributed by atoms with van der Waals surface area (Å²) in [6, 6.07) is 36.5. The first kappa shape index (κ1) is 32.3. The molecule has 0 spiro atoms. The molecule has 0 radical (unpaired) electrons. The molecule has 1 unspecified atom stereocenters. The number of fused-ring (bicyclic) bond motifs is 1. The molecule has 9 nitrogen and oxygen atoms in total. The van der Waals surface area contributed by atoms with Crippen molar-refractivity contribution in [3.8, 4) is 0 Å². The molecule has 2 N–H and O–H groups in total. The van der Waals surface area contributed by atoms with Gasteiger partial charge in [-0.1, -0.05) is 109 Å². The zero-order valence-corrected chi connectivity index (χ0v) is 28.1. The fourth-order valence-corrected chi connectivity index (χ4v) is 7.49. The van der Waals surface area contributed by atoms with Crippen LogP contribution in [0.3, 0.4) is 0 Å². The molecule has 9 heteroatoms. The summed E-state index contributed by atoms with van der Waals surface area (Å²) in [7, 11) is 0. The summed E-state index contributed by atoms with van der Waals surface area (Å²) in [6.07, 6.45) is 6.30. The van der Waals surface area contributed by atoms with Gasteiger partial charge in [-0.05, 0) is 53.3 Å². The van der Waals surface area contributed by atoms with Crippen molar-refractivity contribution in [3.05, 3.63) is 162 Å². The number of rotatable bonds is 11. The van der Waals surface area contributed by atoms with Gasteiger partial charge in [0.1, 0.15) is 0 Å². The molecule has 6 aromatic rings. The Hall–Kier alpha value is -5.90. The van der Waals surface area contributed by atoms with E-state index in [1.165, 1.54) is 0 Å². The summed E-state index contributed by atoms with van der Waals surface area (Å²) >= 11 is 0. The van der Waals surface area contributed by atoms with Crippen molar-refractivity contribution in [1.82, 2.24) is 15.0 Å². The number of aromatic nitrogens is 3. The van der Waals surface area contributed by atoms with Crippen molar-refractivity contribution in [3.63, 3.8) is 0 Å². The van der Waals surface area contributed by atoms with Gasteiger partial charge in [0.25, 0.3) is 11.8 Å². The van der Waals surface area contributed by atoms with E-state index < -0.39 is 17.4 Å². The number of benzene rings is 5. The molecule has 3 atom stereocenters. The minimum absolute atomic E-state index is 0.0690. The number of carbonyl (C=O) groups excluding carboxylic acids is 2. The van der Waals surface area contributed by atoms with Crippen LogP contribution >= 0.6 is 0 Å². The first-order valence-electron chi connectivity index (χ1n) is 17.2. The maximum atomic E-state index is 14.2. The molecule has 254 valence electrons. The topological polar surface area (TPSA) is 112 Å². The molecule has 51 heavy (non-hydrogen) atoms. The number of hydrogen-bond acceptors (Lipinski definition) is 6. The highest BCUT2D eigenvalue weighted by molar-refractivity contribution is 6.27. The number of amides is 2. The molecule has 2 amide bonds. The predicted octanol–water partition coefficient (Wildman–Crippen LogP) is 6.86. The average molecular weight is 676 g/mol. The van der Waals surface area contributed by atoms with E-state index in [2.05, 4.69) is 10.3 Å². The predicted molar refractivity (Wildman–Crippen MR) is 197 cm³/mol. The van der Waals surface area contributed by atoms with Crippen LogP contribution in [0.25, 0.3) is 10.8 Å². The van der Waals surface area contributed by atoms with Crippen molar-refractivity contribution in [2.45, 2.75) is 38.0 Å². The number of aliphatic hydroxyl groups excluding tert-OH is 1. The lowest BCUT2D eigenvalue weighted by atomic mass is 9.83. The number of anilines is 3. The average Bonchev–Trinajstić information content (AvgIpc) is 3.81. The van der Waals surface area contributed by atoms with E-state index in [0.29, 0.717) is 35.5 Å². The number of para-hydroxylation sites is 1. The van der Waals surface area contributed by atoms with Gasteiger partial charge >= 0.3 is 0 Å². The maximum absolute atomic E-state index is 14.2. The Labute approximate surface area is 295 Å². The van der Waals surface area contributed by atoms with Crippen LogP contribution in [0.5, 0.6) is 0 Å². The number of allylic oxidation sites excluding steroid dienone is 1. The lowest BCUT2D eigenvalue weighted by Crippen LogP contribution is -2.44. The highest BCUT2D eigenvalue weighted by Gasteiger charge is 2.52. The summed E-state index contributed by atoms with van der Waals surface area (Å²) in [4.78, 5) is 31.2. The smallest absolute Gasteiger partial charge is 0.264 e. The Morgan fingerprint density at radius 3 is 2.43 bits per heavy atom. The molecule has 2 aliphatic rings. The fraction of sp³-hybridized carbons (Fsp3) is 0.190. The van der Waals surface area contributed by atoms with Gasteiger partial charge in [0, 0.05) is 35.3 Å². The molecule has 0 aliphatic carbocycles. The molecule has 8 rings (SSSR count). The molecule has 0 bridgehead atoms. The Morgan fingerprint density at radius 2 is 1.61 bits per heavy atom. The van der Waals surface area contributed by atoms with Crippen LogP contribution in [-0.2, 0) is 23.5 Å². The van der Waals surface area contributed by atoms with Gasteiger partial charge in [-0.3, -0.25) is 19.2 Å². The minimum Gasteiger partial charge on any atom is -0.395 e. The summed E-state index contributed by atoms with van der Waals surface area (Å²) in [5, 5.41) is 32.7. The van der Waals surface area contributed by atoms with Crippen molar-refractivity contribution in [2.75, 3.05) is 16.4 Å². The lowest BCUT2D eigenvalue weighted by molar-refractivity contribution is -0.139. The van der Waals surface area contributed by atoms with Gasteiger partial charge in [-0.25, -0.2) is 0 Å². The molecule has 0 saturated heterocycles. The first-order chi connectivity index (χ1) is 24.9. The number of aliphatic hydroxyl groups is 2. The van der Waals surface area contributed by atoms with E-state index in [4.69, 9.17) is 0 Å². The third kappa shape index (κ3) is 5.51. The number of nitrogens with zero attached hydrogens (tertiary/aromatic N) is 5. The monoisotopic (exact) mass is 675 g/mol. The third-order valence-corrected chi connectivity index (χ3v) is 10.1. The highest BCUT2D eigenvalue weighted by atomic mass is 16.3. The summed E-state index contributed by atoms with van der Waals surface area (Å²) in [5.41, 5.74) is 4.22. The second kappa shape index (κ2) is 13.1. The largest absolute Gasteiger partial charge is 0.395 e. The van der Waals surface area contributed by atoms with Crippen LogP contribution in [-0.4, -0.2) is 43.6 Å².